The molecular formula is C24H22ClFN4O2. The number of carbonyl (C=O) groups excluding carboxylic acids is 1. The fourth-order valence-corrected chi connectivity index (χ4v) is 4.54. The molecule has 0 radical (unpaired) electrons. The number of rotatable bonds is 5. The van der Waals surface area contributed by atoms with E-state index in [1.165, 1.54) is 12.1 Å². The lowest BCUT2D eigenvalue weighted by Gasteiger charge is -2.34. The van der Waals surface area contributed by atoms with Crippen LogP contribution in [0.2, 0.25) is 5.02 Å². The number of fused-ring (bicyclic) bond motifs is 3. The molecule has 1 aliphatic rings. The van der Waals surface area contributed by atoms with E-state index in [1.54, 1.807) is 50.4 Å². The zero-order chi connectivity index (χ0) is 22.2. The Balaban J connectivity index is 1.29. The summed E-state index contributed by atoms with van der Waals surface area (Å²) < 4.78 is 17.3. The van der Waals surface area contributed by atoms with Crippen LogP contribution >= 0.6 is 11.6 Å². The van der Waals surface area contributed by atoms with Gasteiger partial charge in [0.2, 0.25) is 5.91 Å². The molecule has 6 nitrogen and oxygen atoms in total. The van der Waals surface area contributed by atoms with Gasteiger partial charge in [-0.3, -0.25) is 14.5 Å². The van der Waals surface area contributed by atoms with Crippen LogP contribution in [-0.2, 0) is 11.3 Å². The van der Waals surface area contributed by atoms with Crippen molar-refractivity contribution in [3.05, 3.63) is 82.0 Å². The Morgan fingerprint density at radius 3 is 2.50 bits per heavy atom. The molecule has 5 rings (SSSR count). The molecule has 0 atom stereocenters. The van der Waals surface area contributed by atoms with E-state index in [0.717, 1.165) is 12.2 Å². The first-order chi connectivity index (χ1) is 15.5. The average molecular weight is 453 g/mol. The molecule has 0 spiro atoms. The molecule has 8 heteroatoms. The highest BCUT2D eigenvalue weighted by Crippen LogP contribution is 2.21. The fourth-order valence-electron chi connectivity index (χ4n) is 4.41. The molecule has 2 aromatic carbocycles. The number of piperazine rings is 1. The van der Waals surface area contributed by atoms with Gasteiger partial charge in [-0.15, -0.1) is 0 Å². The van der Waals surface area contributed by atoms with E-state index in [2.05, 4.69) is 4.90 Å². The maximum Gasteiger partial charge on any atom is 0.275 e. The summed E-state index contributed by atoms with van der Waals surface area (Å²) in [6.07, 6.45) is 2.48. The lowest BCUT2D eigenvalue weighted by molar-refractivity contribution is -0.121. The Kier molecular flexibility index (Phi) is 5.45. The highest BCUT2D eigenvalue weighted by molar-refractivity contribution is 6.30. The van der Waals surface area contributed by atoms with Crippen LogP contribution in [0.25, 0.3) is 16.6 Å². The Bertz CT molecular complexity index is 1360. The monoisotopic (exact) mass is 452 g/mol. The van der Waals surface area contributed by atoms with Gasteiger partial charge in [0.25, 0.3) is 5.56 Å². The zero-order valence-electron chi connectivity index (χ0n) is 17.4. The average Bonchev–Trinajstić information content (AvgIpc) is 3.28. The number of aromatic nitrogens is 2. The first kappa shape index (κ1) is 20.7. The second kappa shape index (κ2) is 8.41. The van der Waals surface area contributed by atoms with Crippen LogP contribution in [0.3, 0.4) is 0 Å². The molecule has 1 amide bonds. The Labute approximate surface area is 189 Å². The lowest BCUT2D eigenvalue weighted by Crippen LogP contribution is -2.50. The van der Waals surface area contributed by atoms with E-state index >= 15 is 0 Å². The summed E-state index contributed by atoms with van der Waals surface area (Å²) in [6.45, 7) is 2.89. The van der Waals surface area contributed by atoms with Gasteiger partial charge >= 0.3 is 0 Å². The summed E-state index contributed by atoms with van der Waals surface area (Å²) in [5, 5.41) is 0.642. The van der Waals surface area contributed by atoms with Crippen LogP contribution in [0.15, 0.2) is 65.6 Å². The number of hydrogen-bond acceptors (Lipinski definition) is 3. The van der Waals surface area contributed by atoms with Crippen molar-refractivity contribution < 1.29 is 9.18 Å². The van der Waals surface area contributed by atoms with Gasteiger partial charge in [0.1, 0.15) is 11.3 Å². The zero-order valence-corrected chi connectivity index (χ0v) is 18.1. The maximum atomic E-state index is 13.9. The third kappa shape index (κ3) is 3.78. The molecule has 1 saturated heterocycles. The van der Waals surface area contributed by atoms with Crippen molar-refractivity contribution >= 4 is 39.7 Å². The quantitative estimate of drug-likeness (QED) is 0.463. The molecule has 4 aromatic rings. The Morgan fingerprint density at radius 1 is 0.906 bits per heavy atom. The Hall–Kier alpha value is -3.16. The number of amides is 1. The smallest absolute Gasteiger partial charge is 0.275 e. The third-order valence-electron chi connectivity index (χ3n) is 5.99. The molecule has 0 saturated carbocycles. The van der Waals surface area contributed by atoms with Crippen molar-refractivity contribution in [1.29, 1.82) is 0 Å². The fraction of sp³-hybridized carbons (Fsp3) is 0.250. The summed E-state index contributed by atoms with van der Waals surface area (Å²) in [5.41, 5.74) is 2.64. The van der Waals surface area contributed by atoms with Gasteiger partial charge in [0.05, 0.1) is 17.6 Å². The first-order valence-corrected chi connectivity index (χ1v) is 11.0. The van der Waals surface area contributed by atoms with Crippen molar-refractivity contribution in [2.75, 3.05) is 31.1 Å². The standard InChI is InChI=1S/C24H22ClFN4O2/c25-17-4-7-19(8-5-17)28-14-13-27(16-23(28)31)10-2-12-30-20-9-6-18(26)15-22(20)29-11-1-3-21(29)24(30)32/h1,3-9,11,15H,2,10,12-14,16H2. The number of halogens is 2. The lowest BCUT2D eigenvalue weighted by atomic mass is 10.2. The second-order valence-electron chi connectivity index (χ2n) is 8.00. The summed E-state index contributed by atoms with van der Waals surface area (Å²) >= 11 is 5.94. The van der Waals surface area contributed by atoms with Crippen molar-refractivity contribution in [2.45, 2.75) is 13.0 Å². The molecular weight excluding hydrogens is 431 g/mol. The van der Waals surface area contributed by atoms with Gasteiger partial charge in [-0.25, -0.2) is 4.39 Å². The molecule has 0 bridgehead atoms. The SMILES string of the molecule is O=C1CN(CCCn2c(=O)c3cccn3c3cc(F)ccc32)CCN1c1ccc(Cl)cc1. The van der Waals surface area contributed by atoms with Crippen molar-refractivity contribution in [2.24, 2.45) is 0 Å². The van der Waals surface area contributed by atoms with E-state index in [1.807, 2.05) is 12.1 Å². The van der Waals surface area contributed by atoms with Gasteiger partial charge in [-0.05, 0) is 61.0 Å². The molecule has 32 heavy (non-hydrogen) atoms. The number of nitrogens with zero attached hydrogens (tertiary/aromatic N) is 4. The number of aryl methyl sites for hydroxylation is 1. The first-order valence-electron chi connectivity index (χ1n) is 10.6. The van der Waals surface area contributed by atoms with Crippen molar-refractivity contribution in [3.8, 4) is 0 Å². The van der Waals surface area contributed by atoms with Gasteiger partial charge in [-0.1, -0.05) is 11.6 Å². The number of carbonyl (C=O) groups is 1. The van der Waals surface area contributed by atoms with E-state index in [9.17, 15) is 14.0 Å². The van der Waals surface area contributed by atoms with Crippen LogP contribution in [0, 0.1) is 5.82 Å². The summed E-state index contributed by atoms with van der Waals surface area (Å²) in [4.78, 5) is 29.6. The number of benzene rings is 2. The molecule has 164 valence electrons. The third-order valence-corrected chi connectivity index (χ3v) is 6.25. The van der Waals surface area contributed by atoms with Crippen molar-refractivity contribution in [3.63, 3.8) is 0 Å². The van der Waals surface area contributed by atoms with Crippen LogP contribution in [0.4, 0.5) is 10.1 Å². The van der Waals surface area contributed by atoms with E-state index < -0.39 is 0 Å². The largest absolute Gasteiger partial charge is 0.310 e. The van der Waals surface area contributed by atoms with Gasteiger partial charge in [0, 0.05) is 43.1 Å². The molecule has 0 unspecified atom stereocenters. The van der Waals surface area contributed by atoms with Crippen molar-refractivity contribution in [1.82, 2.24) is 13.9 Å². The normalized spacial score (nSPS) is 15.2. The number of anilines is 1. The highest BCUT2D eigenvalue weighted by Gasteiger charge is 2.24. The van der Waals surface area contributed by atoms with Gasteiger partial charge in [-0.2, -0.15) is 0 Å². The molecule has 1 fully saturated rings. The minimum Gasteiger partial charge on any atom is -0.310 e. The molecule has 0 N–H and O–H groups in total. The molecule has 3 heterocycles. The van der Waals surface area contributed by atoms with Crippen LogP contribution < -0.4 is 10.5 Å². The second-order valence-corrected chi connectivity index (χ2v) is 8.44. The molecule has 2 aromatic heterocycles. The van der Waals surface area contributed by atoms with Gasteiger partial charge in [0.15, 0.2) is 0 Å². The summed E-state index contributed by atoms with van der Waals surface area (Å²) in [6, 6.07) is 15.3. The minimum atomic E-state index is -0.338. The van der Waals surface area contributed by atoms with Crippen LogP contribution in [0.1, 0.15) is 6.42 Å². The maximum absolute atomic E-state index is 13.9. The number of hydrogen-bond donors (Lipinski definition) is 0. The molecule has 1 aliphatic heterocycles. The van der Waals surface area contributed by atoms with E-state index in [4.69, 9.17) is 11.6 Å². The molecule has 0 aliphatic carbocycles. The Morgan fingerprint density at radius 2 is 1.72 bits per heavy atom. The predicted molar refractivity (Wildman–Crippen MR) is 124 cm³/mol. The van der Waals surface area contributed by atoms with Crippen LogP contribution in [-0.4, -0.2) is 46.0 Å². The minimum absolute atomic E-state index is 0.0475. The van der Waals surface area contributed by atoms with Crippen LogP contribution in [0.5, 0.6) is 0 Å². The van der Waals surface area contributed by atoms with E-state index in [-0.39, 0.29) is 17.3 Å². The predicted octanol–water partition coefficient (Wildman–Crippen LogP) is 3.79. The topological polar surface area (TPSA) is 50.0 Å². The van der Waals surface area contributed by atoms with E-state index in [0.29, 0.717) is 54.2 Å². The van der Waals surface area contributed by atoms with Gasteiger partial charge < -0.3 is 13.9 Å². The summed E-state index contributed by atoms with van der Waals surface area (Å²) in [5.74, 6) is -0.291. The summed E-state index contributed by atoms with van der Waals surface area (Å²) in [7, 11) is 0. The highest BCUT2D eigenvalue weighted by atomic mass is 35.5.